The number of piperidine rings is 1. The van der Waals surface area contributed by atoms with Crippen molar-refractivity contribution in [1.29, 1.82) is 0 Å². The summed E-state index contributed by atoms with van der Waals surface area (Å²) in [4.78, 5) is 30.5. The highest BCUT2D eigenvalue weighted by Crippen LogP contribution is 2.26. The second-order valence-electron chi connectivity index (χ2n) is 6.16. The van der Waals surface area contributed by atoms with Gasteiger partial charge in [0.05, 0.1) is 6.42 Å². The van der Waals surface area contributed by atoms with Gasteiger partial charge in [-0.25, -0.2) is 9.48 Å². The van der Waals surface area contributed by atoms with Gasteiger partial charge in [-0.2, -0.15) is 5.10 Å². The van der Waals surface area contributed by atoms with Gasteiger partial charge in [0.1, 0.15) is 5.82 Å². The summed E-state index contributed by atoms with van der Waals surface area (Å²) in [6.07, 6.45) is 3.73. The van der Waals surface area contributed by atoms with E-state index in [0.717, 1.165) is 24.4 Å². The molecule has 3 heterocycles. The van der Waals surface area contributed by atoms with Crippen molar-refractivity contribution in [1.82, 2.24) is 24.2 Å². The van der Waals surface area contributed by atoms with Crippen LogP contribution in [0.5, 0.6) is 0 Å². The number of amides is 1. The molecule has 24 heavy (non-hydrogen) atoms. The minimum absolute atomic E-state index is 0.0684. The molecule has 0 bridgehead atoms. The Morgan fingerprint density at radius 2 is 2.04 bits per heavy atom. The lowest BCUT2D eigenvalue weighted by molar-refractivity contribution is -0.131. The lowest BCUT2D eigenvalue weighted by atomic mass is 9.95. The lowest BCUT2D eigenvalue weighted by Crippen LogP contribution is -2.39. The van der Waals surface area contributed by atoms with Crippen LogP contribution < -0.4 is 5.69 Å². The van der Waals surface area contributed by atoms with Gasteiger partial charge < -0.3 is 4.90 Å². The third-order valence-corrected chi connectivity index (χ3v) is 4.62. The molecule has 1 aliphatic heterocycles. The lowest BCUT2D eigenvalue weighted by Gasteiger charge is -2.31. The zero-order chi connectivity index (χ0) is 17.1. The quantitative estimate of drug-likeness (QED) is 0.837. The predicted molar refractivity (Wildman–Crippen MR) is 89.6 cm³/mol. The summed E-state index contributed by atoms with van der Waals surface area (Å²) in [5, 5.41) is 4.40. The van der Waals surface area contributed by atoms with E-state index in [2.05, 4.69) is 10.1 Å². The van der Waals surface area contributed by atoms with E-state index in [9.17, 15) is 9.59 Å². The molecule has 1 amide bonds. The molecule has 7 heteroatoms. The first-order valence-corrected chi connectivity index (χ1v) is 8.41. The summed E-state index contributed by atoms with van der Waals surface area (Å²) in [7, 11) is 1.68. The highest BCUT2D eigenvalue weighted by molar-refractivity contribution is 5.78. The number of rotatable bonds is 4. The van der Waals surface area contributed by atoms with Crippen LogP contribution in [0, 0.1) is 0 Å². The molecule has 1 aliphatic rings. The van der Waals surface area contributed by atoms with E-state index in [0.29, 0.717) is 26.1 Å². The average Bonchev–Trinajstić information content (AvgIpc) is 2.90. The van der Waals surface area contributed by atoms with Gasteiger partial charge in [-0.1, -0.05) is 6.07 Å². The van der Waals surface area contributed by atoms with E-state index in [1.165, 1.54) is 4.68 Å². The van der Waals surface area contributed by atoms with Crippen LogP contribution >= 0.6 is 0 Å². The van der Waals surface area contributed by atoms with Crippen molar-refractivity contribution < 1.29 is 4.79 Å². The number of pyridine rings is 1. The maximum atomic E-state index is 12.4. The third kappa shape index (κ3) is 3.25. The zero-order valence-electron chi connectivity index (χ0n) is 14.2. The fourth-order valence-corrected chi connectivity index (χ4v) is 3.28. The fraction of sp³-hybridized carbons (Fsp3) is 0.529. The Morgan fingerprint density at radius 1 is 1.29 bits per heavy atom. The maximum Gasteiger partial charge on any atom is 0.345 e. The molecule has 0 aliphatic carbocycles. The second kappa shape index (κ2) is 6.98. The monoisotopic (exact) mass is 329 g/mol. The second-order valence-corrected chi connectivity index (χ2v) is 6.16. The van der Waals surface area contributed by atoms with Crippen molar-refractivity contribution >= 4 is 5.91 Å². The molecule has 0 N–H and O–H groups in total. The van der Waals surface area contributed by atoms with E-state index < -0.39 is 0 Å². The van der Waals surface area contributed by atoms with Crippen molar-refractivity contribution in [2.45, 2.75) is 38.6 Å². The van der Waals surface area contributed by atoms with Crippen LogP contribution in [-0.2, 0) is 24.8 Å². The van der Waals surface area contributed by atoms with Gasteiger partial charge >= 0.3 is 5.69 Å². The van der Waals surface area contributed by atoms with Crippen LogP contribution in [0.3, 0.4) is 0 Å². The Balaban J connectivity index is 1.63. The smallest absolute Gasteiger partial charge is 0.342 e. The summed E-state index contributed by atoms with van der Waals surface area (Å²) < 4.78 is 3.13. The molecule has 2 aromatic rings. The minimum atomic E-state index is -0.0684. The molecule has 0 radical (unpaired) electrons. The number of carbonyl (C=O) groups is 1. The van der Waals surface area contributed by atoms with Crippen molar-refractivity contribution in [2.24, 2.45) is 7.05 Å². The standard InChI is InChI=1S/C17H23N5O2/c1-3-22-16(19-20(2)17(22)24)13-7-10-21(11-8-13)15(23)12-14-6-4-5-9-18-14/h4-6,9,13H,3,7-8,10-12H2,1-2H3. The number of hydrogen-bond acceptors (Lipinski definition) is 4. The largest absolute Gasteiger partial charge is 0.345 e. The molecular weight excluding hydrogens is 306 g/mol. The van der Waals surface area contributed by atoms with Gasteiger partial charge in [0.15, 0.2) is 0 Å². The first-order chi connectivity index (χ1) is 11.6. The molecule has 1 saturated heterocycles. The summed E-state index contributed by atoms with van der Waals surface area (Å²) in [6.45, 7) is 3.98. The number of nitrogens with zero attached hydrogens (tertiary/aromatic N) is 5. The van der Waals surface area contributed by atoms with E-state index in [4.69, 9.17) is 0 Å². The van der Waals surface area contributed by atoms with Crippen LogP contribution in [0.15, 0.2) is 29.2 Å². The normalized spacial score (nSPS) is 15.7. The highest BCUT2D eigenvalue weighted by atomic mass is 16.2. The molecule has 0 unspecified atom stereocenters. The van der Waals surface area contributed by atoms with Crippen molar-refractivity contribution in [2.75, 3.05) is 13.1 Å². The summed E-state index contributed by atoms with van der Waals surface area (Å²) in [5.74, 6) is 1.20. The number of aromatic nitrogens is 4. The molecule has 128 valence electrons. The Bertz CT molecular complexity index is 757. The average molecular weight is 329 g/mol. The topological polar surface area (TPSA) is 73.0 Å². The van der Waals surface area contributed by atoms with Gasteiger partial charge in [-0.05, 0) is 31.9 Å². The Kier molecular flexibility index (Phi) is 4.78. The Morgan fingerprint density at radius 3 is 2.67 bits per heavy atom. The van der Waals surface area contributed by atoms with E-state index in [1.807, 2.05) is 30.0 Å². The first kappa shape index (κ1) is 16.4. The van der Waals surface area contributed by atoms with Crippen LogP contribution in [0.2, 0.25) is 0 Å². The maximum absolute atomic E-state index is 12.4. The van der Waals surface area contributed by atoms with Crippen LogP contribution in [0.1, 0.15) is 37.2 Å². The summed E-state index contributed by atoms with van der Waals surface area (Å²) in [5.41, 5.74) is 0.732. The Labute approximate surface area is 140 Å². The molecular formula is C17H23N5O2. The molecule has 0 atom stereocenters. The van der Waals surface area contributed by atoms with Gasteiger partial charge in [-0.15, -0.1) is 0 Å². The molecule has 0 spiro atoms. The van der Waals surface area contributed by atoms with Crippen LogP contribution in [0.25, 0.3) is 0 Å². The third-order valence-electron chi connectivity index (χ3n) is 4.62. The van der Waals surface area contributed by atoms with Crippen molar-refractivity contribution in [3.63, 3.8) is 0 Å². The zero-order valence-corrected chi connectivity index (χ0v) is 14.2. The number of likely N-dealkylation sites (tertiary alicyclic amines) is 1. The van der Waals surface area contributed by atoms with Crippen LogP contribution in [-0.4, -0.2) is 43.2 Å². The molecule has 2 aromatic heterocycles. The van der Waals surface area contributed by atoms with Gasteiger partial charge in [-0.3, -0.25) is 14.3 Å². The highest BCUT2D eigenvalue weighted by Gasteiger charge is 2.27. The summed E-state index contributed by atoms with van der Waals surface area (Å²) >= 11 is 0. The Hall–Kier alpha value is -2.44. The van der Waals surface area contributed by atoms with Crippen molar-refractivity contribution in [3.05, 3.63) is 46.4 Å². The van der Waals surface area contributed by atoms with Gasteiger partial charge in [0, 0.05) is 44.5 Å². The summed E-state index contributed by atoms with van der Waals surface area (Å²) in [6, 6.07) is 5.62. The predicted octanol–water partition coefficient (Wildman–Crippen LogP) is 0.945. The van der Waals surface area contributed by atoms with E-state index in [1.54, 1.807) is 17.8 Å². The number of carbonyl (C=O) groups excluding carboxylic acids is 1. The van der Waals surface area contributed by atoms with Gasteiger partial charge in [0.2, 0.25) is 5.91 Å². The van der Waals surface area contributed by atoms with E-state index >= 15 is 0 Å². The molecule has 7 nitrogen and oxygen atoms in total. The van der Waals surface area contributed by atoms with Crippen LogP contribution in [0.4, 0.5) is 0 Å². The van der Waals surface area contributed by atoms with E-state index in [-0.39, 0.29) is 17.5 Å². The molecule has 0 saturated carbocycles. The number of hydrogen-bond donors (Lipinski definition) is 0. The minimum Gasteiger partial charge on any atom is -0.342 e. The van der Waals surface area contributed by atoms with Crippen molar-refractivity contribution in [3.8, 4) is 0 Å². The fourth-order valence-electron chi connectivity index (χ4n) is 3.28. The molecule has 3 rings (SSSR count). The number of aryl methyl sites for hydroxylation is 1. The van der Waals surface area contributed by atoms with Gasteiger partial charge in [0.25, 0.3) is 0 Å². The first-order valence-electron chi connectivity index (χ1n) is 8.41. The SMILES string of the molecule is CCn1c(C2CCN(C(=O)Cc3ccccn3)CC2)nn(C)c1=O. The molecule has 1 fully saturated rings. The molecule has 0 aromatic carbocycles.